The summed E-state index contributed by atoms with van der Waals surface area (Å²) in [5.74, 6) is 0. The van der Waals surface area contributed by atoms with E-state index < -0.39 is 0 Å². The lowest BCUT2D eigenvalue weighted by Gasteiger charge is -2.25. The molecule has 0 amide bonds. The average molecular weight is 380 g/mol. The number of fused-ring (bicyclic) bond motifs is 1. The molecule has 27 heavy (non-hydrogen) atoms. The van der Waals surface area contributed by atoms with Gasteiger partial charge in [-0.1, -0.05) is 42.5 Å². The summed E-state index contributed by atoms with van der Waals surface area (Å²) < 4.78 is 0. The van der Waals surface area contributed by atoms with Gasteiger partial charge in [-0.15, -0.1) is 0 Å². The fourth-order valence-electron chi connectivity index (χ4n) is 3.31. The number of H-pyrrole nitrogens is 1. The highest BCUT2D eigenvalue weighted by molar-refractivity contribution is 7.80. The Kier molecular flexibility index (Phi) is 5.91. The minimum absolute atomic E-state index is 0.0587. The molecule has 3 aromatic rings. The van der Waals surface area contributed by atoms with E-state index in [1.807, 2.05) is 49.2 Å². The van der Waals surface area contributed by atoms with Gasteiger partial charge in [-0.05, 0) is 60.6 Å². The highest BCUT2D eigenvalue weighted by Gasteiger charge is 2.13. The first-order chi connectivity index (χ1) is 13.0. The van der Waals surface area contributed by atoms with Crippen LogP contribution in [0.4, 0.5) is 0 Å². The predicted molar refractivity (Wildman–Crippen MR) is 116 cm³/mol. The standard InChI is InChI=1S/C22H25N3OS/c1-15-7-4-5-9-17(15)11-12-25(22(27)23-3)14-19-13-18-10-6-8-16(2)20(18)24-21(19)26/h4-10,13H,11-12,14H2,1-3H3,(H,23,27)(H,24,26). The summed E-state index contributed by atoms with van der Waals surface area (Å²) in [6, 6.07) is 16.4. The molecular weight excluding hydrogens is 354 g/mol. The lowest BCUT2D eigenvalue weighted by atomic mass is 10.1. The molecule has 0 radical (unpaired) electrons. The molecule has 4 nitrogen and oxygen atoms in total. The van der Waals surface area contributed by atoms with E-state index in [-0.39, 0.29) is 5.56 Å². The number of aromatic nitrogens is 1. The molecule has 140 valence electrons. The fourth-order valence-corrected chi connectivity index (χ4v) is 3.46. The number of thiocarbonyl (C=S) groups is 1. The number of rotatable bonds is 5. The molecule has 0 bridgehead atoms. The van der Waals surface area contributed by atoms with Crippen molar-refractivity contribution in [3.05, 3.63) is 81.1 Å². The molecule has 2 aromatic carbocycles. The topological polar surface area (TPSA) is 48.1 Å². The van der Waals surface area contributed by atoms with Crippen LogP contribution < -0.4 is 10.9 Å². The number of nitrogens with one attached hydrogen (secondary N) is 2. The Morgan fingerprint density at radius 3 is 2.56 bits per heavy atom. The quantitative estimate of drug-likeness (QED) is 0.664. The number of aromatic amines is 1. The van der Waals surface area contributed by atoms with E-state index in [0.717, 1.165) is 35.0 Å². The van der Waals surface area contributed by atoms with Gasteiger partial charge in [0.05, 0.1) is 12.1 Å². The molecule has 0 unspecified atom stereocenters. The van der Waals surface area contributed by atoms with Crippen LogP contribution >= 0.6 is 12.2 Å². The fraction of sp³-hybridized carbons (Fsp3) is 0.273. The zero-order valence-electron chi connectivity index (χ0n) is 16.0. The first kappa shape index (κ1) is 19.1. The number of hydrogen-bond donors (Lipinski definition) is 2. The van der Waals surface area contributed by atoms with Crippen molar-refractivity contribution in [1.82, 2.24) is 15.2 Å². The minimum atomic E-state index is -0.0587. The van der Waals surface area contributed by atoms with Crippen molar-refractivity contribution in [2.45, 2.75) is 26.8 Å². The van der Waals surface area contributed by atoms with Gasteiger partial charge >= 0.3 is 0 Å². The maximum atomic E-state index is 12.6. The monoisotopic (exact) mass is 379 g/mol. The molecular formula is C22H25N3OS. The number of pyridine rings is 1. The second-order valence-electron chi connectivity index (χ2n) is 6.82. The Hall–Kier alpha value is -2.66. The van der Waals surface area contributed by atoms with Gasteiger partial charge in [0, 0.05) is 19.2 Å². The van der Waals surface area contributed by atoms with Crippen LogP contribution in [0.2, 0.25) is 0 Å². The highest BCUT2D eigenvalue weighted by atomic mass is 32.1. The maximum absolute atomic E-state index is 12.6. The molecule has 0 aliphatic heterocycles. The highest BCUT2D eigenvalue weighted by Crippen LogP contribution is 2.16. The van der Waals surface area contributed by atoms with Crippen LogP contribution in [-0.2, 0) is 13.0 Å². The summed E-state index contributed by atoms with van der Waals surface area (Å²) >= 11 is 5.49. The van der Waals surface area contributed by atoms with Crippen molar-refractivity contribution in [3.8, 4) is 0 Å². The van der Waals surface area contributed by atoms with E-state index in [1.165, 1.54) is 11.1 Å². The minimum Gasteiger partial charge on any atom is -0.366 e. The van der Waals surface area contributed by atoms with E-state index in [4.69, 9.17) is 12.2 Å². The van der Waals surface area contributed by atoms with Gasteiger partial charge in [0.2, 0.25) is 0 Å². The number of aryl methyl sites for hydroxylation is 2. The first-order valence-corrected chi connectivity index (χ1v) is 9.53. The molecule has 0 fully saturated rings. The van der Waals surface area contributed by atoms with Gasteiger partial charge in [-0.3, -0.25) is 4.79 Å². The van der Waals surface area contributed by atoms with Crippen LogP contribution in [0.3, 0.4) is 0 Å². The number of benzene rings is 2. The van der Waals surface area contributed by atoms with Gasteiger partial charge in [0.1, 0.15) is 0 Å². The van der Waals surface area contributed by atoms with E-state index in [9.17, 15) is 4.79 Å². The summed E-state index contributed by atoms with van der Waals surface area (Å²) in [7, 11) is 1.82. The predicted octanol–water partition coefficient (Wildman–Crippen LogP) is 3.69. The van der Waals surface area contributed by atoms with Crippen molar-refractivity contribution in [2.24, 2.45) is 0 Å². The van der Waals surface area contributed by atoms with Crippen LogP contribution in [0.5, 0.6) is 0 Å². The van der Waals surface area contributed by atoms with E-state index in [2.05, 4.69) is 35.4 Å². The van der Waals surface area contributed by atoms with Crippen molar-refractivity contribution in [1.29, 1.82) is 0 Å². The third kappa shape index (κ3) is 4.37. The molecule has 0 spiro atoms. The Morgan fingerprint density at radius 1 is 1.07 bits per heavy atom. The van der Waals surface area contributed by atoms with Gasteiger partial charge in [0.25, 0.3) is 5.56 Å². The number of nitrogens with zero attached hydrogens (tertiary/aromatic N) is 1. The van der Waals surface area contributed by atoms with E-state index >= 15 is 0 Å². The van der Waals surface area contributed by atoms with Crippen LogP contribution in [0, 0.1) is 13.8 Å². The molecule has 1 aromatic heterocycles. The molecule has 3 rings (SSSR count). The van der Waals surface area contributed by atoms with Crippen molar-refractivity contribution in [3.63, 3.8) is 0 Å². The molecule has 1 heterocycles. The molecule has 5 heteroatoms. The normalized spacial score (nSPS) is 10.8. The smallest absolute Gasteiger partial charge is 0.253 e. The summed E-state index contributed by atoms with van der Waals surface area (Å²) in [6.45, 7) is 5.34. The van der Waals surface area contributed by atoms with Crippen LogP contribution in [0.25, 0.3) is 10.9 Å². The SMILES string of the molecule is CNC(=S)N(CCc1ccccc1C)Cc1cc2cccc(C)c2[nH]c1=O. The lowest BCUT2D eigenvalue weighted by molar-refractivity contribution is 0.411. The molecule has 0 aliphatic carbocycles. The summed E-state index contributed by atoms with van der Waals surface area (Å²) in [6.07, 6.45) is 0.874. The zero-order valence-corrected chi connectivity index (χ0v) is 16.8. The maximum Gasteiger partial charge on any atom is 0.253 e. The van der Waals surface area contributed by atoms with Gasteiger partial charge in [-0.2, -0.15) is 0 Å². The van der Waals surface area contributed by atoms with Crippen LogP contribution in [0.1, 0.15) is 22.3 Å². The molecule has 2 N–H and O–H groups in total. The first-order valence-electron chi connectivity index (χ1n) is 9.12. The molecule has 0 saturated heterocycles. The third-order valence-corrected chi connectivity index (χ3v) is 5.40. The Morgan fingerprint density at radius 2 is 1.81 bits per heavy atom. The van der Waals surface area contributed by atoms with Gasteiger partial charge in [-0.25, -0.2) is 0 Å². The average Bonchev–Trinajstić information content (AvgIpc) is 2.66. The Balaban J connectivity index is 1.85. The van der Waals surface area contributed by atoms with Crippen LogP contribution in [0.15, 0.2) is 53.3 Å². The largest absolute Gasteiger partial charge is 0.366 e. The van der Waals surface area contributed by atoms with Gasteiger partial charge in [0.15, 0.2) is 5.11 Å². The Bertz CT molecular complexity index is 1030. The third-order valence-electron chi connectivity index (χ3n) is 4.94. The van der Waals surface area contributed by atoms with Crippen LogP contribution in [-0.4, -0.2) is 28.6 Å². The second kappa shape index (κ2) is 8.35. The molecule has 0 atom stereocenters. The van der Waals surface area contributed by atoms with E-state index in [1.54, 1.807) is 0 Å². The van der Waals surface area contributed by atoms with Crippen molar-refractivity contribution in [2.75, 3.05) is 13.6 Å². The zero-order chi connectivity index (χ0) is 19.4. The number of hydrogen-bond acceptors (Lipinski definition) is 2. The Labute approximate surface area is 165 Å². The van der Waals surface area contributed by atoms with Crippen molar-refractivity contribution >= 4 is 28.2 Å². The van der Waals surface area contributed by atoms with Crippen molar-refractivity contribution < 1.29 is 0 Å². The number of para-hydroxylation sites is 1. The summed E-state index contributed by atoms with van der Waals surface area (Å²) in [5.41, 5.74) is 5.19. The summed E-state index contributed by atoms with van der Waals surface area (Å²) in [5, 5.41) is 4.73. The van der Waals surface area contributed by atoms with E-state index in [0.29, 0.717) is 11.7 Å². The molecule has 0 saturated carbocycles. The molecule has 0 aliphatic rings. The lowest BCUT2D eigenvalue weighted by Crippen LogP contribution is -2.39. The van der Waals surface area contributed by atoms with Gasteiger partial charge < -0.3 is 15.2 Å². The second-order valence-corrected chi connectivity index (χ2v) is 7.20. The summed E-state index contributed by atoms with van der Waals surface area (Å²) in [4.78, 5) is 17.7.